The lowest BCUT2D eigenvalue weighted by atomic mass is 9.98. The van der Waals surface area contributed by atoms with Crippen LogP contribution in [0.5, 0.6) is 5.75 Å². The number of aryl methyl sites for hydroxylation is 2. The van der Waals surface area contributed by atoms with Crippen LogP contribution in [0.3, 0.4) is 0 Å². The van der Waals surface area contributed by atoms with Crippen molar-refractivity contribution in [3.8, 4) is 5.75 Å². The number of amides is 1. The molecule has 1 aliphatic rings. The number of hydrogen-bond acceptors (Lipinski definition) is 4. The van der Waals surface area contributed by atoms with E-state index in [9.17, 15) is 13.2 Å². The minimum atomic E-state index is -3.74. The number of nitrogens with zero attached hydrogens (tertiary/aromatic N) is 1. The highest BCUT2D eigenvalue weighted by atomic mass is 32.2. The number of methoxy groups -OCH3 is 1. The molecule has 7 heteroatoms. The molecule has 1 amide bonds. The van der Waals surface area contributed by atoms with Crippen molar-refractivity contribution in [2.75, 3.05) is 20.2 Å². The quantitative estimate of drug-likeness (QED) is 0.785. The Morgan fingerprint density at radius 2 is 1.83 bits per heavy atom. The summed E-state index contributed by atoms with van der Waals surface area (Å²) in [7, 11) is -2.28. The van der Waals surface area contributed by atoms with Gasteiger partial charge in [0, 0.05) is 19.6 Å². The van der Waals surface area contributed by atoms with Crippen molar-refractivity contribution < 1.29 is 17.9 Å². The van der Waals surface area contributed by atoms with Crippen LogP contribution in [-0.4, -0.2) is 38.8 Å². The van der Waals surface area contributed by atoms with Crippen LogP contribution < -0.4 is 10.1 Å². The van der Waals surface area contributed by atoms with Gasteiger partial charge in [-0.3, -0.25) is 4.79 Å². The van der Waals surface area contributed by atoms with Gasteiger partial charge < -0.3 is 10.1 Å². The predicted molar refractivity (Wildman–Crippen MR) is 112 cm³/mol. The van der Waals surface area contributed by atoms with Crippen molar-refractivity contribution in [1.82, 2.24) is 9.62 Å². The van der Waals surface area contributed by atoms with Gasteiger partial charge in [-0.15, -0.1) is 0 Å². The summed E-state index contributed by atoms with van der Waals surface area (Å²) in [6.07, 6.45) is 1.33. The van der Waals surface area contributed by atoms with E-state index in [1.807, 2.05) is 44.2 Å². The van der Waals surface area contributed by atoms with E-state index in [0.717, 1.165) is 11.1 Å². The zero-order valence-electron chi connectivity index (χ0n) is 17.1. The Morgan fingerprint density at radius 1 is 1.14 bits per heavy atom. The maximum Gasteiger partial charge on any atom is 0.246 e. The molecule has 1 atom stereocenters. The lowest BCUT2D eigenvalue weighted by Crippen LogP contribution is -2.45. The molecule has 0 aliphatic carbocycles. The fraction of sp³-hybridized carbons (Fsp3) is 0.409. The van der Waals surface area contributed by atoms with Crippen molar-refractivity contribution in [2.45, 2.75) is 38.1 Å². The third-order valence-corrected chi connectivity index (χ3v) is 7.17. The van der Waals surface area contributed by atoms with Crippen LogP contribution in [0.1, 0.15) is 29.5 Å². The smallest absolute Gasteiger partial charge is 0.246 e. The summed E-state index contributed by atoms with van der Waals surface area (Å²) in [5.74, 6) is -0.150. The summed E-state index contributed by atoms with van der Waals surface area (Å²) in [6, 6.07) is 13.1. The Morgan fingerprint density at radius 3 is 2.52 bits per heavy atom. The van der Waals surface area contributed by atoms with Gasteiger partial charge >= 0.3 is 0 Å². The monoisotopic (exact) mass is 416 g/mol. The molecular formula is C22H28N2O4S. The van der Waals surface area contributed by atoms with E-state index < -0.39 is 10.0 Å². The van der Waals surface area contributed by atoms with E-state index in [0.29, 0.717) is 31.7 Å². The second-order valence-electron chi connectivity index (χ2n) is 7.56. The number of carbonyl (C=O) groups excluding carboxylic acids is 1. The van der Waals surface area contributed by atoms with Gasteiger partial charge in [-0.05, 0) is 49.9 Å². The number of ether oxygens (including phenoxy) is 1. The molecule has 0 saturated carbocycles. The number of nitrogens with one attached hydrogen (secondary N) is 1. The maximum atomic E-state index is 13.2. The van der Waals surface area contributed by atoms with Gasteiger partial charge in [0.2, 0.25) is 15.9 Å². The molecule has 0 unspecified atom stereocenters. The SMILES string of the molecule is COc1ccc(C)cc1S(=O)(=O)N1CCC[C@@H](C(=O)NCc2ccc(C)cc2)C1. The first-order valence-electron chi connectivity index (χ1n) is 9.79. The molecule has 2 aromatic carbocycles. The Bertz CT molecular complexity index is 971. The Labute approximate surface area is 172 Å². The lowest BCUT2D eigenvalue weighted by Gasteiger charge is -2.31. The number of carbonyl (C=O) groups is 1. The average molecular weight is 417 g/mol. The van der Waals surface area contributed by atoms with Crippen molar-refractivity contribution in [1.29, 1.82) is 0 Å². The van der Waals surface area contributed by atoms with Crippen LogP contribution in [0.4, 0.5) is 0 Å². The van der Waals surface area contributed by atoms with Gasteiger partial charge in [-0.25, -0.2) is 8.42 Å². The molecule has 156 valence electrons. The molecule has 0 spiro atoms. The zero-order chi connectivity index (χ0) is 21.0. The highest BCUT2D eigenvalue weighted by molar-refractivity contribution is 7.89. The number of hydrogen-bond donors (Lipinski definition) is 1. The summed E-state index contributed by atoms with van der Waals surface area (Å²) in [6.45, 7) is 4.88. The van der Waals surface area contributed by atoms with Crippen LogP contribution in [0, 0.1) is 19.8 Å². The third-order valence-electron chi connectivity index (χ3n) is 5.28. The highest BCUT2D eigenvalue weighted by Gasteiger charge is 2.34. The number of benzene rings is 2. The van der Waals surface area contributed by atoms with Gasteiger partial charge in [0.05, 0.1) is 13.0 Å². The van der Waals surface area contributed by atoms with Crippen molar-refractivity contribution >= 4 is 15.9 Å². The van der Waals surface area contributed by atoms with E-state index in [1.54, 1.807) is 12.1 Å². The molecule has 6 nitrogen and oxygen atoms in total. The van der Waals surface area contributed by atoms with E-state index in [2.05, 4.69) is 5.32 Å². The molecule has 0 aromatic heterocycles. The summed E-state index contributed by atoms with van der Waals surface area (Å²) < 4.78 is 33.1. The molecule has 3 rings (SSSR count). The molecule has 2 aromatic rings. The third kappa shape index (κ3) is 4.97. The fourth-order valence-electron chi connectivity index (χ4n) is 3.54. The summed E-state index contributed by atoms with van der Waals surface area (Å²) in [5.41, 5.74) is 3.03. The van der Waals surface area contributed by atoms with Crippen LogP contribution in [0.15, 0.2) is 47.4 Å². The lowest BCUT2D eigenvalue weighted by molar-refractivity contribution is -0.126. The summed E-state index contributed by atoms with van der Waals surface area (Å²) in [5, 5.41) is 2.95. The molecule has 0 radical (unpaired) electrons. The topological polar surface area (TPSA) is 75.7 Å². The number of rotatable bonds is 6. The normalized spacial score (nSPS) is 17.7. The molecule has 1 heterocycles. The fourth-order valence-corrected chi connectivity index (χ4v) is 5.30. The van der Waals surface area contributed by atoms with E-state index >= 15 is 0 Å². The van der Waals surface area contributed by atoms with Gasteiger partial charge in [0.25, 0.3) is 0 Å². The highest BCUT2D eigenvalue weighted by Crippen LogP contribution is 2.30. The molecular weight excluding hydrogens is 388 g/mol. The van der Waals surface area contributed by atoms with Crippen LogP contribution in [0.2, 0.25) is 0 Å². The van der Waals surface area contributed by atoms with Crippen molar-refractivity contribution in [2.24, 2.45) is 5.92 Å². The van der Waals surface area contributed by atoms with Gasteiger partial charge in [-0.2, -0.15) is 4.31 Å². The standard InChI is InChI=1S/C22H28N2O4S/c1-16-6-9-18(10-7-16)14-23-22(25)19-5-4-12-24(15-19)29(26,27)21-13-17(2)8-11-20(21)28-3/h6-11,13,19H,4-5,12,14-15H2,1-3H3,(H,23,25)/t19-/m1/s1. The average Bonchev–Trinajstić information content (AvgIpc) is 2.73. The van der Waals surface area contributed by atoms with Crippen LogP contribution in [0.25, 0.3) is 0 Å². The first kappa shape index (κ1) is 21.3. The van der Waals surface area contributed by atoms with E-state index in [4.69, 9.17) is 4.74 Å². The largest absolute Gasteiger partial charge is 0.495 e. The number of sulfonamides is 1. The van der Waals surface area contributed by atoms with Crippen LogP contribution >= 0.6 is 0 Å². The minimum Gasteiger partial charge on any atom is -0.495 e. The molecule has 1 aliphatic heterocycles. The first-order chi connectivity index (χ1) is 13.8. The van der Waals surface area contributed by atoms with Gasteiger partial charge in [0.1, 0.15) is 10.6 Å². The number of piperidine rings is 1. The molecule has 0 bridgehead atoms. The van der Waals surface area contributed by atoms with Crippen LogP contribution in [-0.2, 0) is 21.4 Å². The maximum absolute atomic E-state index is 13.2. The Balaban J connectivity index is 1.70. The second kappa shape index (κ2) is 8.97. The minimum absolute atomic E-state index is 0.110. The second-order valence-corrected chi connectivity index (χ2v) is 9.47. The molecule has 29 heavy (non-hydrogen) atoms. The van der Waals surface area contributed by atoms with Gasteiger partial charge in [-0.1, -0.05) is 35.9 Å². The zero-order valence-corrected chi connectivity index (χ0v) is 18.0. The van der Waals surface area contributed by atoms with Gasteiger partial charge in [0.15, 0.2) is 0 Å². The molecule has 1 N–H and O–H groups in total. The van der Waals surface area contributed by atoms with Crippen molar-refractivity contribution in [3.05, 3.63) is 59.2 Å². The summed E-state index contributed by atoms with van der Waals surface area (Å²) >= 11 is 0. The van der Waals surface area contributed by atoms with E-state index in [-0.39, 0.29) is 23.3 Å². The first-order valence-corrected chi connectivity index (χ1v) is 11.2. The Hall–Kier alpha value is -2.38. The van der Waals surface area contributed by atoms with E-state index in [1.165, 1.54) is 17.0 Å². The van der Waals surface area contributed by atoms with Crippen molar-refractivity contribution in [3.63, 3.8) is 0 Å². The predicted octanol–water partition coefficient (Wildman–Crippen LogP) is 3.03. The summed E-state index contributed by atoms with van der Waals surface area (Å²) in [4.78, 5) is 12.8. The Kier molecular flexibility index (Phi) is 6.59. The molecule has 1 saturated heterocycles. The molecule has 1 fully saturated rings.